The van der Waals surface area contributed by atoms with Crippen LogP contribution < -0.4 is 15.0 Å². The summed E-state index contributed by atoms with van der Waals surface area (Å²) in [6, 6.07) is 17.8. The molecule has 0 unspecified atom stereocenters. The van der Waals surface area contributed by atoms with Crippen molar-refractivity contribution in [3.05, 3.63) is 89.2 Å². The monoisotopic (exact) mass is 473 g/mol. The molecule has 1 saturated heterocycles. The molecule has 1 fully saturated rings. The number of anilines is 2. The zero-order valence-electron chi connectivity index (χ0n) is 19.2. The van der Waals surface area contributed by atoms with Gasteiger partial charge in [0, 0.05) is 23.9 Å². The standard InChI is InChI=1S/C27H24FN3O4/c1-35-24-13-12-19(15-21(24)28)29-25(32)18-10-8-17(9-11-18)16-31-22-6-3-2-5-20(22)26(33)30-14-4-7-23(30)27(31)34/h2-3,5-6,8-13,15,23H,4,7,14,16H2,1H3,(H,29,32)/t23-/m1/s1. The topological polar surface area (TPSA) is 79.0 Å². The van der Waals surface area contributed by atoms with Gasteiger partial charge in [0.05, 0.1) is 24.9 Å². The molecule has 0 bridgehead atoms. The Morgan fingerprint density at radius 2 is 1.86 bits per heavy atom. The zero-order chi connectivity index (χ0) is 24.5. The third-order valence-electron chi connectivity index (χ3n) is 6.46. The first-order valence-electron chi connectivity index (χ1n) is 11.4. The molecular weight excluding hydrogens is 449 g/mol. The van der Waals surface area contributed by atoms with Gasteiger partial charge in [0.2, 0.25) is 5.91 Å². The number of nitrogens with one attached hydrogen (secondary N) is 1. The summed E-state index contributed by atoms with van der Waals surface area (Å²) in [5.74, 6) is -1.06. The number of carbonyl (C=O) groups excluding carboxylic acids is 3. The second-order valence-electron chi connectivity index (χ2n) is 8.60. The van der Waals surface area contributed by atoms with Gasteiger partial charge < -0.3 is 19.9 Å². The Labute approximate surface area is 202 Å². The van der Waals surface area contributed by atoms with Gasteiger partial charge in [-0.3, -0.25) is 14.4 Å². The van der Waals surface area contributed by atoms with Gasteiger partial charge in [-0.05, 0) is 54.8 Å². The van der Waals surface area contributed by atoms with Crippen LogP contribution in [0.3, 0.4) is 0 Å². The Hall–Kier alpha value is -4.20. The van der Waals surface area contributed by atoms with E-state index in [4.69, 9.17) is 4.74 Å². The number of benzene rings is 3. The van der Waals surface area contributed by atoms with Crippen molar-refractivity contribution in [2.75, 3.05) is 23.9 Å². The van der Waals surface area contributed by atoms with Crippen molar-refractivity contribution in [1.29, 1.82) is 0 Å². The summed E-state index contributed by atoms with van der Waals surface area (Å²) < 4.78 is 18.8. The molecule has 8 heteroatoms. The van der Waals surface area contributed by atoms with Gasteiger partial charge in [0.15, 0.2) is 11.6 Å². The van der Waals surface area contributed by atoms with Gasteiger partial charge in [-0.1, -0.05) is 24.3 Å². The molecule has 35 heavy (non-hydrogen) atoms. The lowest BCUT2D eigenvalue weighted by Gasteiger charge is -2.26. The van der Waals surface area contributed by atoms with Crippen LogP contribution in [0.2, 0.25) is 0 Å². The fourth-order valence-corrected chi connectivity index (χ4v) is 4.66. The quantitative estimate of drug-likeness (QED) is 0.601. The van der Waals surface area contributed by atoms with Crippen LogP contribution in [0.1, 0.15) is 39.1 Å². The summed E-state index contributed by atoms with van der Waals surface area (Å²) in [7, 11) is 1.37. The van der Waals surface area contributed by atoms with E-state index < -0.39 is 11.9 Å². The Kier molecular flexibility index (Phi) is 5.94. The SMILES string of the molecule is COc1ccc(NC(=O)c2ccc(CN3C(=O)[C@H]4CCCN4C(=O)c4ccccc43)cc2)cc1F. The molecule has 1 atom stereocenters. The normalized spacial score (nSPS) is 17.0. The van der Waals surface area contributed by atoms with Crippen LogP contribution in [-0.2, 0) is 11.3 Å². The van der Waals surface area contributed by atoms with Crippen LogP contribution in [0.4, 0.5) is 15.8 Å². The average Bonchev–Trinajstić information content (AvgIpc) is 3.34. The lowest BCUT2D eigenvalue weighted by molar-refractivity contribution is -0.122. The molecule has 3 aromatic rings. The first kappa shape index (κ1) is 22.6. The fourth-order valence-electron chi connectivity index (χ4n) is 4.66. The van der Waals surface area contributed by atoms with Crippen LogP contribution in [-0.4, -0.2) is 42.3 Å². The first-order chi connectivity index (χ1) is 17.0. The molecule has 178 valence electrons. The minimum Gasteiger partial charge on any atom is -0.494 e. The van der Waals surface area contributed by atoms with Crippen LogP contribution in [0, 0.1) is 5.82 Å². The third kappa shape index (κ3) is 4.23. The van der Waals surface area contributed by atoms with Gasteiger partial charge >= 0.3 is 0 Å². The van der Waals surface area contributed by atoms with E-state index >= 15 is 0 Å². The maximum atomic E-state index is 13.9. The summed E-state index contributed by atoms with van der Waals surface area (Å²) in [5.41, 5.74) is 2.65. The highest BCUT2D eigenvalue weighted by Gasteiger charge is 2.41. The number of methoxy groups -OCH3 is 1. The number of hydrogen-bond acceptors (Lipinski definition) is 4. The molecule has 7 nitrogen and oxygen atoms in total. The van der Waals surface area contributed by atoms with Gasteiger partial charge in [-0.15, -0.1) is 0 Å². The minimum atomic E-state index is -0.567. The van der Waals surface area contributed by atoms with Gasteiger partial charge in [0.1, 0.15) is 6.04 Å². The summed E-state index contributed by atoms with van der Waals surface area (Å²) >= 11 is 0. The van der Waals surface area contributed by atoms with Crippen LogP contribution >= 0.6 is 0 Å². The van der Waals surface area contributed by atoms with Crippen molar-refractivity contribution >= 4 is 29.1 Å². The van der Waals surface area contributed by atoms with Crippen LogP contribution in [0.15, 0.2) is 66.7 Å². The predicted octanol–water partition coefficient (Wildman–Crippen LogP) is 4.24. The molecular formula is C27H24FN3O4. The number of nitrogens with zero attached hydrogens (tertiary/aromatic N) is 2. The van der Waals surface area contributed by atoms with E-state index in [0.717, 1.165) is 12.0 Å². The zero-order valence-corrected chi connectivity index (χ0v) is 19.2. The highest BCUT2D eigenvalue weighted by atomic mass is 19.1. The number of carbonyl (C=O) groups is 3. The Morgan fingerprint density at radius 3 is 2.60 bits per heavy atom. The maximum absolute atomic E-state index is 13.9. The number of ether oxygens (including phenoxy) is 1. The average molecular weight is 474 g/mol. The van der Waals surface area contributed by atoms with Gasteiger partial charge in [0.25, 0.3) is 11.8 Å². The van der Waals surface area contributed by atoms with Crippen LogP contribution in [0.25, 0.3) is 0 Å². The smallest absolute Gasteiger partial charge is 0.256 e. The largest absolute Gasteiger partial charge is 0.494 e. The molecule has 2 heterocycles. The van der Waals surface area contributed by atoms with E-state index in [0.29, 0.717) is 35.5 Å². The molecule has 0 saturated carbocycles. The Bertz CT molecular complexity index is 1310. The Morgan fingerprint density at radius 1 is 1.09 bits per heavy atom. The molecule has 2 aliphatic heterocycles. The summed E-state index contributed by atoms with van der Waals surface area (Å²) in [4.78, 5) is 42.5. The van der Waals surface area contributed by atoms with Crippen molar-refractivity contribution in [3.8, 4) is 5.75 Å². The molecule has 3 aromatic carbocycles. The second kappa shape index (κ2) is 9.21. The Balaban J connectivity index is 1.35. The number of amides is 3. The fraction of sp³-hybridized carbons (Fsp3) is 0.222. The number of fused-ring (bicyclic) bond motifs is 2. The number of rotatable bonds is 5. The molecule has 0 aromatic heterocycles. The molecule has 0 radical (unpaired) electrons. The molecule has 0 spiro atoms. The lowest BCUT2D eigenvalue weighted by atomic mass is 10.1. The summed E-state index contributed by atoms with van der Waals surface area (Å²) in [5, 5.41) is 2.67. The van der Waals surface area contributed by atoms with E-state index in [2.05, 4.69) is 5.32 Å². The van der Waals surface area contributed by atoms with Gasteiger partial charge in [-0.25, -0.2) is 4.39 Å². The number of para-hydroxylation sites is 1. The predicted molar refractivity (Wildman–Crippen MR) is 129 cm³/mol. The van der Waals surface area contributed by atoms with E-state index in [-0.39, 0.29) is 30.0 Å². The van der Waals surface area contributed by atoms with E-state index in [1.165, 1.54) is 19.2 Å². The number of halogens is 1. The van der Waals surface area contributed by atoms with Crippen molar-refractivity contribution in [1.82, 2.24) is 4.90 Å². The third-order valence-corrected chi connectivity index (χ3v) is 6.46. The molecule has 0 aliphatic carbocycles. The molecule has 3 amide bonds. The highest BCUT2D eigenvalue weighted by Crippen LogP contribution is 2.33. The minimum absolute atomic E-state index is 0.0934. The van der Waals surface area contributed by atoms with E-state index in [9.17, 15) is 18.8 Å². The molecule has 1 N–H and O–H groups in total. The van der Waals surface area contributed by atoms with Crippen molar-refractivity contribution in [3.63, 3.8) is 0 Å². The highest BCUT2D eigenvalue weighted by molar-refractivity contribution is 6.11. The van der Waals surface area contributed by atoms with Gasteiger partial charge in [-0.2, -0.15) is 0 Å². The lowest BCUT2D eigenvalue weighted by Crippen LogP contribution is -2.44. The van der Waals surface area contributed by atoms with Crippen LogP contribution in [0.5, 0.6) is 5.75 Å². The number of hydrogen-bond donors (Lipinski definition) is 1. The van der Waals surface area contributed by atoms with Crippen molar-refractivity contribution in [2.24, 2.45) is 0 Å². The molecule has 2 aliphatic rings. The van der Waals surface area contributed by atoms with E-state index in [1.54, 1.807) is 58.3 Å². The second-order valence-corrected chi connectivity index (χ2v) is 8.60. The summed E-state index contributed by atoms with van der Waals surface area (Å²) in [6.07, 6.45) is 1.46. The van der Waals surface area contributed by atoms with E-state index in [1.807, 2.05) is 6.07 Å². The van der Waals surface area contributed by atoms with Crippen molar-refractivity contribution in [2.45, 2.75) is 25.4 Å². The first-order valence-corrected chi connectivity index (χ1v) is 11.4. The van der Waals surface area contributed by atoms with Crippen molar-refractivity contribution < 1.29 is 23.5 Å². The summed E-state index contributed by atoms with van der Waals surface area (Å²) in [6.45, 7) is 0.859. The molecule has 5 rings (SSSR count). The maximum Gasteiger partial charge on any atom is 0.256 e.